The number of hydrogen-bond acceptors (Lipinski definition) is 2. The first-order valence-electron chi connectivity index (χ1n) is 6.45. The van der Waals surface area contributed by atoms with Crippen molar-refractivity contribution in [1.29, 1.82) is 0 Å². The third-order valence-electron chi connectivity index (χ3n) is 3.45. The van der Waals surface area contributed by atoms with E-state index in [2.05, 4.69) is 0 Å². The molecular weight excluding hydrogens is 261 g/mol. The molecule has 7 heteroatoms. The minimum Gasteiger partial charge on any atom is -0.383 e. The summed E-state index contributed by atoms with van der Waals surface area (Å²) in [4.78, 5) is 13.4. The fourth-order valence-corrected chi connectivity index (χ4v) is 2.47. The first-order chi connectivity index (χ1) is 8.85. The summed E-state index contributed by atoms with van der Waals surface area (Å²) in [5.74, 6) is 0.313. The molecule has 1 saturated carbocycles. The van der Waals surface area contributed by atoms with Crippen LogP contribution in [0.2, 0.25) is 0 Å². The lowest BCUT2D eigenvalue weighted by molar-refractivity contribution is -0.123. The molecule has 0 unspecified atom stereocenters. The second-order valence-corrected chi connectivity index (χ2v) is 4.94. The fraction of sp³-hybridized carbons (Fsp3) is 0.917. The van der Waals surface area contributed by atoms with E-state index < -0.39 is 18.8 Å². The van der Waals surface area contributed by atoms with E-state index in [0.717, 1.165) is 19.3 Å². The number of carbonyl (C=O) groups excluding carboxylic acids is 1. The molecule has 112 valence electrons. The number of ether oxygens (including phenoxy) is 1. The summed E-state index contributed by atoms with van der Waals surface area (Å²) >= 11 is 0. The van der Waals surface area contributed by atoms with Gasteiger partial charge in [0.25, 0.3) is 0 Å². The predicted molar refractivity (Wildman–Crippen MR) is 64.8 cm³/mol. The Balaban J connectivity index is 2.59. The van der Waals surface area contributed by atoms with Crippen LogP contribution in [0.15, 0.2) is 0 Å². The lowest BCUT2D eigenvalue weighted by Crippen LogP contribution is -2.50. The van der Waals surface area contributed by atoms with Crippen molar-refractivity contribution in [2.75, 3.05) is 26.8 Å². The minimum absolute atomic E-state index is 0.00313. The van der Waals surface area contributed by atoms with Gasteiger partial charge in [0.05, 0.1) is 6.61 Å². The topological polar surface area (TPSA) is 41.6 Å². The molecule has 1 N–H and O–H groups in total. The Bertz CT molecular complexity index is 297. The van der Waals surface area contributed by atoms with Crippen molar-refractivity contribution in [2.45, 2.75) is 38.4 Å². The first kappa shape index (κ1) is 16.1. The summed E-state index contributed by atoms with van der Waals surface area (Å²) in [5, 5.41) is 1.94. The average Bonchev–Trinajstić information content (AvgIpc) is 2.73. The molecule has 0 bridgehead atoms. The van der Waals surface area contributed by atoms with Gasteiger partial charge in [0.15, 0.2) is 0 Å². The van der Waals surface area contributed by atoms with E-state index in [-0.39, 0.29) is 6.04 Å². The third-order valence-corrected chi connectivity index (χ3v) is 3.45. The van der Waals surface area contributed by atoms with E-state index in [0.29, 0.717) is 19.1 Å². The van der Waals surface area contributed by atoms with Gasteiger partial charge in [-0.15, -0.1) is 0 Å². The molecule has 19 heavy (non-hydrogen) atoms. The van der Waals surface area contributed by atoms with Crippen LogP contribution in [0.4, 0.5) is 18.0 Å². The van der Waals surface area contributed by atoms with Crippen LogP contribution in [0.5, 0.6) is 0 Å². The van der Waals surface area contributed by atoms with E-state index in [4.69, 9.17) is 4.74 Å². The normalized spacial score (nSPS) is 23.4. The zero-order valence-electron chi connectivity index (χ0n) is 11.3. The van der Waals surface area contributed by atoms with E-state index in [1.54, 1.807) is 0 Å². The molecule has 0 aromatic carbocycles. The zero-order valence-corrected chi connectivity index (χ0v) is 11.3. The molecule has 1 fully saturated rings. The number of carbonyl (C=O) groups is 1. The van der Waals surface area contributed by atoms with Crippen molar-refractivity contribution >= 4 is 6.03 Å². The molecule has 1 rings (SSSR count). The van der Waals surface area contributed by atoms with Crippen LogP contribution in [-0.2, 0) is 4.74 Å². The van der Waals surface area contributed by atoms with E-state index in [9.17, 15) is 18.0 Å². The molecule has 1 aliphatic carbocycles. The highest BCUT2D eigenvalue weighted by molar-refractivity contribution is 5.74. The monoisotopic (exact) mass is 282 g/mol. The van der Waals surface area contributed by atoms with Gasteiger partial charge in [-0.25, -0.2) is 4.79 Å². The van der Waals surface area contributed by atoms with Gasteiger partial charge in [-0.05, 0) is 18.8 Å². The molecule has 1 aliphatic rings. The Hall–Kier alpha value is -0.980. The van der Waals surface area contributed by atoms with Crippen molar-refractivity contribution in [1.82, 2.24) is 10.2 Å². The van der Waals surface area contributed by atoms with Crippen LogP contribution in [0.1, 0.15) is 26.2 Å². The van der Waals surface area contributed by atoms with E-state index in [1.165, 1.54) is 12.0 Å². The van der Waals surface area contributed by atoms with Crippen LogP contribution < -0.4 is 5.32 Å². The highest BCUT2D eigenvalue weighted by atomic mass is 19.4. The molecule has 4 nitrogen and oxygen atoms in total. The first-order valence-corrected chi connectivity index (χ1v) is 6.45. The van der Waals surface area contributed by atoms with Crippen molar-refractivity contribution in [3.05, 3.63) is 0 Å². The van der Waals surface area contributed by atoms with Gasteiger partial charge in [-0.2, -0.15) is 13.2 Å². The van der Waals surface area contributed by atoms with Crippen molar-refractivity contribution in [3.8, 4) is 0 Å². The smallest absolute Gasteiger partial charge is 0.383 e. The standard InChI is InChI=1S/C12H21F3N2O2/c1-9-4-3-5-10(9)17(6-7-19-2)11(18)16-8-12(13,14)15/h9-10H,3-8H2,1-2H3,(H,16,18)/t9-,10-/m1/s1. The second kappa shape index (κ2) is 6.98. The number of halogens is 3. The van der Waals surface area contributed by atoms with Crippen LogP contribution in [0.3, 0.4) is 0 Å². The summed E-state index contributed by atoms with van der Waals surface area (Å²) in [5.41, 5.74) is 0. The molecule has 0 heterocycles. The summed E-state index contributed by atoms with van der Waals surface area (Å²) in [6.07, 6.45) is -1.54. The average molecular weight is 282 g/mol. The largest absolute Gasteiger partial charge is 0.405 e. The number of alkyl halides is 3. The Morgan fingerprint density at radius 3 is 2.58 bits per heavy atom. The predicted octanol–water partition coefficient (Wildman–Crippen LogP) is 2.40. The quantitative estimate of drug-likeness (QED) is 0.841. The Morgan fingerprint density at radius 1 is 1.42 bits per heavy atom. The Morgan fingerprint density at radius 2 is 2.11 bits per heavy atom. The van der Waals surface area contributed by atoms with Gasteiger partial charge in [0, 0.05) is 19.7 Å². The molecule has 0 radical (unpaired) electrons. The molecule has 0 aromatic heterocycles. The van der Waals surface area contributed by atoms with Crippen LogP contribution in [0, 0.1) is 5.92 Å². The van der Waals surface area contributed by atoms with Gasteiger partial charge in [0.1, 0.15) is 6.54 Å². The number of nitrogens with one attached hydrogen (secondary N) is 1. The van der Waals surface area contributed by atoms with E-state index >= 15 is 0 Å². The summed E-state index contributed by atoms with van der Waals surface area (Å²) in [6.45, 7) is 1.36. The van der Waals surface area contributed by atoms with Gasteiger partial charge in [-0.3, -0.25) is 0 Å². The maximum Gasteiger partial charge on any atom is 0.405 e. The number of methoxy groups -OCH3 is 1. The number of nitrogens with zero attached hydrogens (tertiary/aromatic N) is 1. The lowest BCUT2D eigenvalue weighted by Gasteiger charge is -2.32. The highest BCUT2D eigenvalue weighted by Gasteiger charge is 2.34. The van der Waals surface area contributed by atoms with Crippen molar-refractivity contribution < 1.29 is 22.7 Å². The van der Waals surface area contributed by atoms with Crippen LogP contribution in [0.25, 0.3) is 0 Å². The summed E-state index contributed by atoms with van der Waals surface area (Å²) < 4.78 is 41.3. The van der Waals surface area contributed by atoms with Gasteiger partial charge < -0.3 is 15.0 Å². The van der Waals surface area contributed by atoms with Crippen molar-refractivity contribution in [2.24, 2.45) is 5.92 Å². The Kier molecular flexibility index (Phi) is 5.90. The molecule has 0 aliphatic heterocycles. The molecule has 0 spiro atoms. The fourth-order valence-electron chi connectivity index (χ4n) is 2.47. The van der Waals surface area contributed by atoms with Crippen molar-refractivity contribution in [3.63, 3.8) is 0 Å². The molecule has 2 atom stereocenters. The van der Waals surface area contributed by atoms with Gasteiger partial charge in [0.2, 0.25) is 0 Å². The zero-order chi connectivity index (χ0) is 14.5. The summed E-state index contributed by atoms with van der Waals surface area (Å²) in [7, 11) is 1.50. The third kappa shape index (κ3) is 5.26. The maximum absolute atomic E-state index is 12.1. The van der Waals surface area contributed by atoms with Gasteiger partial charge >= 0.3 is 12.2 Å². The molecule has 0 saturated heterocycles. The minimum atomic E-state index is -4.39. The van der Waals surface area contributed by atoms with E-state index in [1.807, 2.05) is 12.2 Å². The highest BCUT2D eigenvalue weighted by Crippen LogP contribution is 2.29. The van der Waals surface area contributed by atoms with Crippen LogP contribution in [-0.4, -0.2) is 50.0 Å². The van der Waals surface area contributed by atoms with Crippen LogP contribution >= 0.6 is 0 Å². The maximum atomic E-state index is 12.1. The number of hydrogen-bond donors (Lipinski definition) is 1. The number of urea groups is 1. The second-order valence-electron chi connectivity index (χ2n) is 4.94. The molecule has 2 amide bonds. The van der Waals surface area contributed by atoms with Gasteiger partial charge in [-0.1, -0.05) is 13.3 Å². The SMILES string of the molecule is COCCN(C(=O)NCC(F)(F)F)[C@@H]1CCC[C@H]1C. The summed E-state index contributed by atoms with van der Waals surface area (Å²) in [6, 6.07) is -0.656. The Labute approximate surface area is 111 Å². The molecular formula is C12H21F3N2O2. The lowest BCUT2D eigenvalue weighted by atomic mass is 10.1. The molecule has 0 aromatic rings. The number of amides is 2. The number of rotatable bonds is 5.